The van der Waals surface area contributed by atoms with Gasteiger partial charge in [-0.1, -0.05) is 6.07 Å². The van der Waals surface area contributed by atoms with Crippen molar-refractivity contribution in [2.45, 2.75) is 49.7 Å². The highest BCUT2D eigenvalue weighted by molar-refractivity contribution is 7.90. The third-order valence-corrected chi connectivity index (χ3v) is 8.46. The summed E-state index contributed by atoms with van der Waals surface area (Å²) in [5.41, 5.74) is 2.64. The predicted octanol–water partition coefficient (Wildman–Crippen LogP) is 4.58. The molecule has 2 aliphatic rings. The number of alkyl halides is 2. The summed E-state index contributed by atoms with van der Waals surface area (Å²) in [6.45, 7) is 2.37. The summed E-state index contributed by atoms with van der Waals surface area (Å²) in [4.78, 5) is 21.9. The molecule has 4 heterocycles. The van der Waals surface area contributed by atoms with Crippen LogP contribution < -0.4 is 10.6 Å². The van der Waals surface area contributed by atoms with Gasteiger partial charge in [0.05, 0.1) is 22.0 Å². The van der Waals surface area contributed by atoms with Crippen molar-refractivity contribution in [3.63, 3.8) is 0 Å². The molecule has 2 atom stereocenters. The number of sulfone groups is 1. The molecule has 3 aromatic heterocycles. The average Bonchev–Trinajstić information content (AvgIpc) is 3.19. The fourth-order valence-corrected chi connectivity index (χ4v) is 5.98. The highest BCUT2D eigenvalue weighted by atomic mass is 32.2. The van der Waals surface area contributed by atoms with Gasteiger partial charge in [-0.25, -0.2) is 27.2 Å². The van der Waals surface area contributed by atoms with E-state index in [1.165, 1.54) is 12.1 Å². The molecule has 11 nitrogen and oxygen atoms in total. The SMILES string of the molecule is Cc1nc2c(Nc3ccc(-c4ccn(C)n4)cc3S(C)(=O)=O)cc(NC(=O)C3CC3(F)F)nc2n1C1CCCCO1. The first-order chi connectivity index (χ1) is 19.4. The quantitative estimate of drug-likeness (QED) is 0.322. The Bertz CT molecular complexity index is 1780. The zero-order valence-corrected chi connectivity index (χ0v) is 23.5. The number of amides is 1. The number of nitrogens with zero attached hydrogens (tertiary/aromatic N) is 5. The summed E-state index contributed by atoms with van der Waals surface area (Å²) in [6.07, 6.45) is 4.63. The van der Waals surface area contributed by atoms with E-state index in [4.69, 9.17) is 9.72 Å². The lowest BCUT2D eigenvalue weighted by atomic mass is 10.1. The molecule has 2 fully saturated rings. The number of hydrogen-bond acceptors (Lipinski definition) is 8. The van der Waals surface area contributed by atoms with Crippen LogP contribution in [0.4, 0.5) is 26.0 Å². The van der Waals surface area contributed by atoms with Crippen LogP contribution in [0.1, 0.15) is 37.7 Å². The summed E-state index contributed by atoms with van der Waals surface area (Å²) in [5.74, 6) is -4.64. The second-order valence-electron chi connectivity index (χ2n) is 10.6. The third kappa shape index (κ3) is 5.28. The Labute approximate surface area is 234 Å². The number of halogens is 2. The van der Waals surface area contributed by atoms with Crippen molar-refractivity contribution >= 4 is 44.1 Å². The van der Waals surface area contributed by atoms with E-state index in [1.807, 2.05) is 4.57 Å². The van der Waals surface area contributed by atoms with Crippen molar-refractivity contribution < 1.29 is 26.7 Å². The van der Waals surface area contributed by atoms with Gasteiger partial charge in [0.25, 0.3) is 5.92 Å². The van der Waals surface area contributed by atoms with Gasteiger partial charge < -0.3 is 15.4 Å². The Morgan fingerprint density at radius 1 is 1.15 bits per heavy atom. The van der Waals surface area contributed by atoms with Gasteiger partial charge in [-0.05, 0) is 44.4 Å². The van der Waals surface area contributed by atoms with E-state index in [-0.39, 0.29) is 22.6 Å². The first-order valence-electron chi connectivity index (χ1n) is 13.2. The van der Waals surface area contributed by atoms with Crippen molar-refractivity contribution in [3.05, 3.63) is 42.4 Å². The van der Waals surface area contributed by atoms with Gasteiger partial charge in [0.2, 0.25) is 5.91 Å². The van der Waals surface area contributed by atoms with E-state index in [0.29, 0.717) is 40.5 Å². The summed E-state index contributed by atoms with van der Waals surface area (Å²) in [5, 5.41) is 10.0. The van der Waals surface area contributed by atoms with Crippen LogP contribution >= 0.6 is 0 Å². The first kappa shape index (κ1) is 27.3. The molecule has 14 heteroatoms. The molecule has 0 radical (unpaired) electrons. The van der Waals surface area contributed by atoms with Gasteiger partial charge in [-0.15, -0.1) is 0 Å². The van der Waals surface area contributed by atoms with Crippen LogP contribution in [0, 0.1) is 12.8 Å². The highest BCUT2D eigenvalue weighted by Gasteiger charge is 2.61. The molecule has 1 amide bonds. The van der Waals surface area contributed by atoms with Crippen molar-refractivity contribution in [2.75, 3.05) is 23.5 Å². The summed E-state index contributed by atoms with van der Waals surface area (Å²) < 4.78 is 62.4. The number of benzene rings is 1. The fourth-order valence-electron chi connectivity index (χ4n) is 5.12. The number of nitrogens with one attached hydrogen (secondary N) is 2. The fraction of sp³-hybridized carbons (Fsp3) is 0.407. The molecule has 2 N–H and O–H groups in total. The Morgan fingerprint density at radius 2 is 1.93 bits per heavy atom. The topological polar surface area (TPSA) is 133 Å². The molecule has 6 rings (SSSR count). The van der Waals surface area contributed by atoms with Crippen molar-refractivity contribution in [2.24, 2.45) is 13.0 Å². The number of fused-ring (bicyclic) bond motifs is 1. The number of hydrogen-bond donors (Lipinski definition) is 2. The number of imidazole rings is 1. The predicted molar refractivity (Wildman–Crippen MR) is 148 cm³/mol. The molecular weight excluding hydrogens is 556 g/mol. The molecule has 1 aliphatic heterocycles. The van der Waals surface area contributed by atoms with Crippen LogP contribution in [0.2, 0.25) is 0 Å². The van der Waals surface area contributed by atoms with E-state index in [0.717, 1.165) is 25.5 Å². The van der Waals surface area contributed by atoms with E-state index in [1.54, 1.807) is 43.0 Å². The minimum atomic E-state index is -3.71. The molecule has 216 valence electrons. The maximum atomic E-state index is 13.6. The number of carbonyl (C=O) groups excluding carboxylic acids is 1. The number of rotatable bonds is 7. The number of aryl methyl sites for hydroxylation is 2. The second kappa shape index (κ2) is 9.87. The molecule has 1 aliphatic carbocycles. The molecule has 2 unspecified atom stereocenters. The van der Waals surface area contributed by atoms with Gasteiger partial charge in [0, 0.05) is 44.2 Å². The van der Waals surface area contributed by atoms with Crippen LogP contribution in [0.3, 0.4) is 0 Å². The smallest absolute Gasteiger partial charge is 0.260 e. The summed E-state index contributed by atoms with van der Waals surface area (Å²) in [7, 11) is -1.94. The van der Waals surface area contributed by atoms with Gasteiger partial charge in [0.15, 0.2) is 15.5 Å². The first-order valence-corrected chi connectivity index (χ1v) is 15.1. The number of pyridine rings is 1. The zero-order valence-electron chi connectivity index (χ0n) is 22.7. The van der Waals surface area contributed by atoms with Gasteiger partial charge >= 0.3 is 0 Å². The molecule has 1 saturated carbocycles. The molecule has 0 spiro atoms. The lowest BCUT2D eigenvalue weighted by Gasteiger charge is -2.25. The number of aromatic nitrogens is 5. The van der Waals surface area contributed by atoms with Gasteiger partial charge in [-0.3, -0.25) is 14.0 Å². The monoisotopic (exact) mass is 585 g/mol. The number of ether oxygens (including phenoxy) is 1. The lowest BCUT2D eigenvalue weighted by Crippen LogP contribution is -2.20. The van der Waals surface area contributed by atoms with Crippen LogP contribution in [-0.4, -0.2) is 57.4 Å². The van der Waals surface area contributed by atoms with Crippen LogP contribution in [0.5, 0.6) is 0 Å². The van der Waals surface area contributed by atoms with E-state index in [2.05, 4.69) is 20.7 Å². The Kier molecular flexibility index (Phi) is 6.57. The largest absolute Gasteiger partial charge is 0.358 e. The number of carbonyl (C=O) groups is 1. The van der Waals surface area contributed by atoms with Crippen molar-refractivity contribution in [3.8, 4) is 11.3 Å². The van der Waals surface area contributed by atoms with Crippen LogP contribution in [0.25, 0.3) is 22.4 Å². The summed E-state index contributed by atoms with van der Waals surface area (Å²) in [6, 6.07) is 8.16. The third-order valence-electron chi connectivity index (χ3n) is 7.32. The zero-order chi connectivity index (χ0) is 29.1. The Morgan fingerprint density at radius 3 is 2.56 bits per heavy atom. The molecule has 4 aromatic rings. The van der Waals surface area contributed by atoms with Crippen LogP contribution in [-0.2, 0) is 26.4 Å². The van der Waals surface area contributed by atoms with E-state index < -0.39 is 34.0 Å². The second-order valence-corrected chi connectivity index (χ2v) is 12.6. The van der Waals surface area contributed by atoms with Crippen LogP contribution in [0.15, 0.2) is 41.4 Å². The average molecular weight is 586 g/mol. The molecule has 41 heavy (non-hydrogen) atoms. The molecule has 1 aromatic carbocycles. The van der Waals surface area contributed by atoms with E-state index >= 15 is 0 Å². The minimum absolute atomic E-state index is 0.0283. The maximum Gasteiger partial charge on any atom is 0.260 e. The maximum absolute atomic E-state index is 13.6. The minimum Gasteiger partial charge on any atom is -0.358 e. The standard InChI is InChI=1S/C27H29F2N7O4S/c1-15-30-24-20(31-19-8-7-16(12-21(19)41(3,38)39)18-9-10-35(2)34-18)13-22(33-26(37)17-14-27(17,28)29)32-25(24)36(15)23-6-4-5-11-40-23/h7-10,12-13,17,23H,4-6,11,14H2,1-3H3,(H2,31,32,33,37). The van der Waals surface area contributed by atoms with Crippen molar-refractivity contribution in [1.82, 2.24) is 24.3 Å². The Hall–Kier alpha value is -3.91. The van der Waals surface area contributed by atoms with Gasteiger partial charge in [0.1, 0.15) is 29.3 Å². The normalized spacial score (nSPS) is 20.2. The lowest BCUT2D eigenvalue weighted by molar-refractivity contribution is -0.119. The molecule has 1 saturated heterocycles. The Balaban J connectivity index is 1.45. The number of anilines is 3. The van der Waals surface area contributed by atoms with Gasteiger partial charge in [-0.2, -0.15) is 5.10 Å². The molecule has 0 bridgehead atoms. The van der Waals surface area contributed by atoms with E-state index in [9.17, 15) is 22.0 Å². The molecular formula is C27H29F2N7O4S. The van der Waals surface area contributed by atoms with Crippen molar-refractivity contribution in [1.29, 1.82) is 0 Å². The highest BCUT2D eigenvalue weighted by Crippen LogP contribution is 2.49. The summed E-state index contributed by atoms with van der Waals surface area (Å²) >= 11 is 0.